The second-order valence-corrected chi connectivity index (χ2v) is 7.41. The van der Waals surface area contributed by atoms with Gasteiger partial charge < -0.3 is 15.1 Å². The molecule has 1 aromatic carbocycles. The number of non-ortho nitro benzene ring substituents is 1. The molecule has 2 aliphatic heterocycles. The molecule has 2 N–H and O–H groups in total. The minimum Gasteiger partial charge on any atom is -0.407 e. The van der Waals surface area contributed by atoms with Crippen LogP contribution >= 0.6 is 0 Å². The van der Waals surface area contributed by atoms with Crippen molar-refractivity contribution in [3.05, 3.63) is 38.9 Å². The first-order chi connectivity index (χ1) is 13.0. The van der Waals surface area contributed by atoms with Gasteiger partial charge >= 0.3 is 5.76 Å². The number of amides is 1. The number of hydrogen-bond donors (Lipinski definition) is 2. The molecule has 2 aromatic rings. The lowest BCUT2D eigenvalue weighted by Crippen LogP contribution is -2.48. The molecule has 144 valence electrons. The van der Waals surface area contributed by atoms with Crippen molar-refractivity contribution >= 4 is 22.7 Å². The van der Waals surface area contributed by atoms with Gasteiger partial charge in [-0.2, -0.15) is 0 Å². The largest absolute Gasteiger partial charge is 0.419 e. The molecule has 1 aromatic heterocycles. The van der Waals surface area contributed by atoms with Crippen LogP contribution in [0.15, 0.2) is 27.4 Å². The van der Waals surface area contributed by atoms with Gasteiger partial charge in [0.1, 0.15) is 0 Å². The summed E-state index contributed by atoms with van der Waals surface area (Å²) < 4.78 is 6.51. The highest BCUT2D eigenvalue weighted by Crippen LogP contribution is 2.26. The minimum absolute atomic E-state index is 0.00205. The number of aromatic nitrogens is 1. The number of nitrogens with zero attached hydrogens (tertiary/aromatic N) is 2. The molecule has 9 heteroatoms. The first-order valence-electron chi connectivity index (χ1n) is 9.33. The lowest BCUT2D eigenvalue weighted by atomic mass is 9.99. The Bertz CT molecular complexity index is 921. The van der Waals surface area contributed by atoms with Gasteiger partial charge in [0.15, 0.2) is 5.58 Å². The van der Waals surface area contributed by atoms with E-state index in [2.05, 4.69) is 10.6 Å². The second-order valence-electron chi connectivity index (χ2n) is 7.41. The Hall–Kier alpha value is -2.68. The Morgan fingerprint density at radius 1 is 1.33 bits per heavy atom. The predicted molar refractivity (Wildman–Crippen MR) is 97.5 cm³/mol. The van der Waals surface area contributed by atoms with Crippen molar-refractivity contribution in [2.24, 2.45) is 0 Å². The third-order valence-electron chi connectivity index (χ3n) is 5.49. The van der Waals surface area contributed by atoms with Crippen LogP contribution in [0.25, 0.3) is 11.1 Å². The van der Waals surface area contributed by atoms with Crippen LogP contribution in [-0.2, 0) is 11.3 Å². The molecule has 27 heavy (non-hydrogen) atoms. The lowest BCUT2D eigenvalue weighted by Gasteiger charge is -2.29. The monoisotopic (exact) mass is 374 g/mol. The Balaban J connectivity index is 1.33. The standard InChI is InChI=1S/C18H22N4O5/c23-17(20-13-8-11-3-4-12(9-13)19-11)2-1-7-21-15-6-5-14(22(25)26)10-16(15)27-18(21)24/h5-6,10-13,19H,1-4,7-9H2,(H,20,23). The maximum atomic E-state index is 12.2. The van der Waals surface area contributed by atoms with Gasteiger partial charge in [0.05, 0.1) is 16.5 Å². The molecular formula is C18H22N4O5. The van der Waals surface area contributed by atoms with E-state index in [1.807, 2.05) is 0 Å². The molecule has 2 saturated heterocycles. The van der Waals surface area contributed by atoms with Crippen LogP contribution in [0.3, 0.4) is 0 Å². The van der Waals surface area contributed by atoms with Gasteiger partial charge in [-0.05, 0) is 38.2 Å². The van der Waals surface area contributed by atoms with E-state index >= 15 is 0 Å². The molecule has 2 atom stereocenters. The van der Waals surface area contributed by atoms with E-state index in [0.29, 0.717) is 37.0 Å². The third-order valence-corrected chi connectivity index (χ3v) is 5.49. The maximum absolute atomic E-state index is 12.2. The Morgan fingerprint density at radius 3 is 2.78 bits per heavy atom. The third kappa shape index (κ3) is 3.73. The average molecular weight is 374 g/mol. The maximum Gasteiger partial charge on any atom is 0.419 e. The van der Waals surface area contributed by atoms with Crippen molar-refractivity contribution in [3.63, 3.8) is 0 Å². The van der Waals surface area contributed by atoms with E-state index in [1.165, 1.54) is 35.6 Å². The number of carbonyl (C=O) groups is 1. The summed E-state index contributed by atoms with van der Waals surface area (Å²) in [6.45, 7) is 0.328. The molecule has 4 rings (SSSR count). The van der Waals surface area contributed by atoms with Gasteiger partial charge in [0.25, 0.3) is 5.69 Å². The molecule has 0 radical (unpaired) electrons. The van der Waals surface area contributed by atoms with Crippen LogP contribution in [0, 0.1) is 10.1 Å². The molecule has 2 unspecified atom stereocenters. The zero-order valence-electron chi connectivity index (χ0n) is 14.8. The van der Waals surface area contributed by atoms with Crippen LogP contribution in [0.2, 0.25) is 0 Å². The number of piperidine rings is 1. The zero-order valence-corrected chi connectivity index (χ0v) is 14.8. The number of benzene rings is 1. The topological polar surface area (TPSA) is 119 Å². The number of fused-ring (bicyclic) bond motifs is 3. The SMILES string of the molecule is O=C(CCCn1c(=O)oc2cc([N+](=O)[O-])ccc21)NC1CC2CCC(C1)N2. The predicted octanol–water partition coefficient (Wildman–Crippen LogP) is 1.68. The summed E-state index contributed by atoms with van der Waals surface area (Å²) in [6, 6.07) is 5.36. The fraction of sp³-hybridized carbons (Fsp3) is 0.556. The van der Waals surface area contributed by atoms with E-state index in [4.69, 9.17) is 4.42 Å². The van der Waals surface area contributed by atoms with Gasteiger partial charge in [-0.1, -0.05) is 0 Å². The summed E-state index contributed by atoms with van der Waals surface area (Å²) in [5.74, 6) is -0.571. The van der Waals surface area contributed by atoms with Crippen molar-refractivity contribution in [2.45, 2.75) is 63.2 Å². The van der Waals surface area contributed by atoms with Crippen molar-refractivity contribution in [1.82, 2.24) is 15.2 Å². The Kier molecular flexibility index (Phi) is 4.69. The van der Waals surface area contributed by atoms with E-state index in [9.17, 15) is 19.7 Å². The average Bonchev–Trinajstić information content (AvgIpc) is 3.13. The van der Waals surface area contributed by atoms with Crippen molar-refractivity contribution in [3.8, 4) is 0 Å². The van der Waals surface area contributed by atoms with Gasteiger partial charge in [0, 0.05) is 37.2 Å². The lowest BCUT2D eigenvalue weighted by molar-refractivity contribution is -0.384. The second kappa shape index (κ2) is 7.15. The number of rotatable bonds is 6. The van der Waals surface area contributed by atoms with Crippen LogP contribution in [0.1, 0.15) is 38.5 Å². The quantitative estimate of drug-likeness (QED) is 0.586. The minimum atomic E-state index is -0.569. The molecule has 0 saturated carbocycles. The summed E-state index contributed by atoms with van der Waals surface area (Å²) in [6.07, 6.45) is 5.15. The first-order valence-corrected chi connectivity index (χ1v) is 9.33. The normalized spacial score (nSPS) is 24.2. The van der Waals surface area contributed by atoms with Crippen molar-refractivity contribution in [1.29, 1.82) is 0 Å². The van der Waals surface area contributed by atoms with E-state index in [1.54, 1.807) is 0 Å². The van der Waals surface area contributed by atoms with Gasteiger partial charge in [-0.3, -0.25) is 19.5 Å². The van der Waals surface area contributed by atoms with Crippen LogP contribution < -0.4 is 16.4 Å². The number of hydrogen-bond acceptors (Lipinski definition) is 6. The number of nitro benzene ring substituents is 1. The van der Waals surface area contributed by atoms with Crippen LogP contribution in [-0.4, -0.2) is 33.5 Å². The van der Waals surface area contributed by atoms with E-state index in [0.717, 1.165) is 12.8 Å². The highest BCUT2D eigenvalue weighted by Gasteiger charge is 2.33. The van der Waals surface area contributed by atoms with Crippen LogP contribution in [0.4, 0.5) is 5.69 Å². The summed E-state index contributed by atoms with van der Waals surface area (Å²) in [4.78, 5) is 34.5. The van der Waals surface area contributed by atoms with Gasteiger partial charge in [-0.25, -0.2) is 4.79 Å². The van der Waals surface area contributed by atoms with Crippen LogP contribution in [0.5, 0.6) is 0 Å². The fourth-order valence-corrected chi connectivity index (χ4v) is 4.25. The molecular weight excluding hydrogens is 352 g/mol. The molecule has 2 aliphatic rings. The number of oxazole rings is 1. The van der Waals surface area contributed by atoms with E-state index in [-0.39, 0.29) is 23.2 Å². The Labute approximate surface area is 154 Å². The van der Waals surface area contributed by atoms with Crippen molar-refractivity contribution < 1.29 is 14.1 Å². The molecule has 0 spiro atoms. The molecule has 2 fully saturated rings. The van der Waals surface area contributed by atoms with Crippen molar-refractivity contribution in [2.75, 3.05) is 0 Å². The summed E-state index contributed by atoms with van der Waals surface area (Å²) in [5, 5.41) is 17.5. The number of carbonyl (C=O) groups excluding carboxylic acids is 1. The van der Waals surface area contributed by atoms with Gasteiger partial charge in [0.2, 0.25) is 5.91 Å². The summed E-state index contributed by atoms with van der Waals surface area (Å²) in [5.41, 5.74) is 0.559. The molecule has 1 amide bonds. The molecule has 0 aliphatic carbocycles. The molecule has 9 nitrogen and oxygen atoms in total. The molecule has 2 bridgehead atoms. The first kappa shape index (κ1) is 17.7. The fourth-order valence-electron chi connectivity index (χ4n) is 4.25. The van der Waals surface area contributed by atoms with E-state index < -0.39 is 10.7 Å². The number of nitro groups is 1. The highest BCUT2D eigenvalue weighted by molar-refractivity contribution is 5.77. The summed E-state index contributed by atoms with van der Waals surface area (Å²) >= 11 is 0. The Morgan fingerprint density at radius 2 is 2.07 bits per heavy atom. The highest BCUT2D eigenvalue weighted by atomic mass is 16.6. The zero-order chi connectivity index (χ0) is 19.0. The smallest absolute Gasteiger partial charge is 0.407 e. The summed E-state index contributed by atoms with van der Waals surface area (Å²) in [7, 11) is 0. The number of aryl methyl sites for hydroxylation is 1. The van der Waals surface area contributed by atoms with Gasteiger partial charge in [-0.15, -0.1) is 0 Å². The molecule has 3 heterocycles. The number of nitrogens with one attached hydrogen (secondary N) is 2.